The molecule has 104 valence electrons. The van der Waals surface area contributed by atoms with Crippen LogP contribution in [0.15, 0.2) is 18.2 Å². The molecule has 1 aromatic carbocycles. The third-order valence-electron chi connectivity index (χ3n) is 4.82. The summed E-state index contributed by atoms with van der Waals surface area (Å²) in [4.78, 5) is 0. The van der Waals surface area contributed by atoms with Crippen LogP contribution >= 0.6 is 0 Å². The molecular weight excluding hydrogens is 241 g/mol. The fourth-order valence-corrected chi connectivity index (χ4v) is 3.66. The lowest BCUT2D eigenvalue weighted by molar-refractivity contribution is -0.157. The van der Waals surface area contributed by atoms with E-state index >= 15 is 0 Å². The van der Waals surface area contributed by atoms with Crippen LogP contribution in [0.2, 0.25) is 0 Å². The zero-order valence-corrected chi connectivity index (χ0v) is 11.7. The molecule has 2 atom stereocenters. The molecule has 0 bridgehead atoms. The van der Waals surface area contributed by atoms with Gasteiger partial charge in [-0.3, -0.25) is 0 Å². The first-order valence-electron chi connectivity index (χ1n) is 7.29. The Kier molecular flexibility index (Phi) is 3.25. The zero-order valence-electron chi connectivity index (χ0n) is 11.7. The van der Waals surface area contributed by atoms with Crippen molar-refractivity contribution in [3.8, 4) is 0 Å². The van der Waals surface area contributed by atoms with E-state index < -0.39 is 0 Å². The molecule has 2 fully saturated rings. The topological polar surface area (TPSA) is 21.3 Å². The van der Waals surface area contributed by atoms with Gasteiger partial charge in [-0.15, -0.1) is 0 Å². The first kappa shape index (κ1) is 12.9. The largest absolute Gasteiger partial charge is 0.381 e. The summed E-state index contributed by atoms with van der Waals surface area (Å²) in [7, 11) is 0. The number of ether oxygens (including phenoxy) is 1. The second-order valence-corrected chi connectivity index (χ2v) is 5.98. The molecule has 0 heterocycles. The van der Waals surface area contributed by atoms with Crippen molar-refractivity contribution < 1.29 is 9.13 Å². The van der Waals surface area contributed by atoms with Gasteiger partial charge in [0.1, 0.15) is 5.82 Å². The van der Waals surface area contributed by atoms with Crippen molar-refractivity contribution in [2.45, 2.75) is 51.7 Å². The maximum absolute atomic E-state index is 13.4. The summed E-state index contributed by atoms with van der Waals surface area (Å²) in [6.45, 7) is 4.78. The molecule has 2 aliphatic rings. The monoisotopic (exact) mass is 263 g/mol. The molecule has 0 aromatic heterocycles. The molecule has 0 amide bonds. The zero-order chi connectivity index (χ0) is 13.5. The molecule has 0 aliphatic heterocycles. The van der Waals surface area contributed by atoms with E-state index in [2.05, 4.69) is 12.2 Å². The molecule has 1 spiro atoms. The SMILES string of the molecule is CCOC1CC(Nc2cc(C)cc(F)c2)C12CCC2. The molecule has 19 heavy (non-hydrogen) atoms. The van der Waals surface area contributed by atoms with Gasteiger partial charge < -0.3 is 10.1 Å². The van der Waals surface area contributed by atoms with Crippen molar-refractivity contribution in [3.63, 3.8) is 0 Å². The van der Waals surface area contributed by atoms with Crippen molar-refractivity contribution in [2.75, 3.05) is 11.9 Å². The highest BCUT2D eigenvalue weighted by Crippen LogP contribution is 2.58. The average Bonchev–Trinajstić information content (AvgIpc) is 2.23. The number of rotatable bonds is 4. The van der Waals surface area contributed by atoms with Crippen molar-refractivity contribution in [1.82, 2.24) is 0 Å². The Morgan fingerprint density at radius 2 is 2.16 bits per heavy atom. The molecule has 3 heteroatoms. The third-order valence-corrected chi connectivity index (χ3v) is 4.82. The van der Waals surface area contributed by atoms with Crippen LogP contribution < -0.4 is 5.32 Å². The predicted molar refractivity (Wildman–Crippen MR) is 74.9 cm³/mol. The molecule has 1 N–H and O–H groups in total. The number of hydrogen-bond acceptors (Lipinski definition) is 2. The van der Waals surface area contributed by atoms with E-state index in [1.54, 1.807) is 12.1 Å². The second kappa shape index (κ2) is 4.78. The van der Waals surface area contributed by atoms with Crippen LogP contribution in [0.1, 0.15) is 38.2 Å². The van der Waals surface area contributed by atoms with Gasteiger partial charge in [0.2, 0.25) is 0 Å². The number of hydrogen-bond donors (Lipinski definition) is 1. The summed E-state index contributed by atoms with van der Waals surface area (Å²) in [6, 6.07) is 5.62. The highest BCUT2D eigenvalue weighted by molar-refractivity contribution is 5.48. The Morgan fingerprint density at radius 3 is 2.74 bits per heavy atom. The fourth-order valence-electron chi connectivity index (χ4n) is 3.66. The first-order valence-corrected chi connectivity index (χ1v) is 7.29. The minimum absolute atomic E-state index is 0.161. The minimum atomic E-state index is -0.161. The number of halogens is 1. The van der Waals surface area contributed by atoms with Crippen LogP contribution in [0.4, 0.5) is 10.1 Å². The molecule has 2 saturated carbocycles. The molecular formula is C16H22FNO. The Balaban J connectivity index is 1.71. The van der Waals surface area contributed by atoms with Crippen molar-refractivity contribution in [1.29, 1.82) is 0 Å². The van der Waals surface area contributed by atoms with Crippen LogP contribution in [-0.4, -0.2) is 18.8 Å². The summed E-state index contributed by atoms with van der Waals surface area (Å²) in [5.41, 5.74) is 2.19. The smallest absolute Gasteiger partial charge is 0.125 e. The van der Waals surface area contributed by atoms with Gasteiger partial charge in [-0.2, -0.15) is 0 Å². The normalized spacial score (nSPS) is 27.7. The Bertz CT molecular complexity index is 450. The van der Waals surface area contributed by atoms with Gasteiger partial charge in [0, 0.05) is 23.8 Å². The number of nitrogens with one attached hydrogen (secondary N) is 1. The summed E-state index contributed by atoms with van der Waals surface area (Å²) in [5.74, 6) is -0.161. The van der Waals surface area contributed by atoms with Crippen molar-refractivity contribution in [3.05, 3.63) is 29.6 Å². The molecule has 1 aromatic rings. The van der Waals surface area contributed by atoms with Crippen LogP contribution in [-0.2, 0) is 4.74 Å². The lowest BCUT2D eigenvalue weighted by Crippen LogP contribution is -2.64. The maximum atomic E-state index is 13.4. The van der Waals surface area contributed by atoms with Gasteiger partial charge in [0.25, 0.3) is 0 Å². The van der Waals surface area contributed by atoms with E-state index in [1.807, 2.05) is 13.0 Å². The summed E-state index contributed by atoms with van der Waals surface area (Å²) in [5, 5.41) is 3.52. The first-order chi connectivity index (χ1) is 9.14. The van der Waals surface area contributed by atoms with Crippen LogP contribution in [0.5, 0.6) is 0 Å². The van der Waals surface area contributed by atoms with E-state index in [1.165, 1.54) is 19.3 Å². The van der Waals surface area contributed by atoms with Crippen molar-refractivity contribution >= 4 is 5.69 Å². The number of anilines is 1. The van der Waals surface area contributed by atoms with Crippen LogP contribution in [0, 0.1) is 18.2 Å². The van der Waals surface area contributed by atoms with E-state index in [0.717, 1.165) is 24.3 Å². The molecule has 0 radical (unpaired) electrons. The van der Waals surface area contributed by atoms with Gasteiger partial charge in [-0.05, 0) is 56.9 Å². The van der Waals surface area contributed by atoms with Crippen molar-refractivity contribution in [2.24, 2.45) is 5.41 Å². The van der Waals surface area contributed by atoms with Gasteiger partial charge in [-0.25, -0.2) is 4.39 Å². The third kappa shape index (κ3) is 2.14. The minimum Gasteiger partial charge on any atom is -0.381 e. The fraction of sp³-hybridized carbons (Fsp3) is 0.625. The summed E-state index contributed by atoms with van der Waals surface area (Å²) in [6.07, 6.45) is 5.22. The highest BCUT2D eigenvalue weighted by atomic mass is 19.1. The molecule has 2 nitrogen and oxygen atoms in total. The second-order valence-electron chi connectivity index (χ2n) is 5.98. The van der Waals surface area contributed by atoms with Gasteiger partial charge in [0.05, 0.1) is 6.10 Å². The van der Waals surface area contributed by atoms with Gasteiger partial charge in [-0.1, -0.05) is 6.42 Å². The predicted octanol–water partition coefficient (Wildman–Crippen LogP) is 3.89. The molecule has 2 aliphatic carbocycles. The average molecular weight is 263 g/mol. The molecule has 2 unspecified atom stereocenters. The van der Waals surface area contributed by atoms with Gasteiger partial charge in [0.15, 0.2) is 0 Å². The standard InChI is InChI=1S/C16H22FNO/c1-3-19-15-10-14(16(15)5-4-6-16)18-13-8-11(2)7-12(17)9-13/h7-9,14-15,18H,3-6,10H2,1-2H3. The van der Waals surface area contributed by atoms with Crippen LogP contribution in [0.3, 0.4) is 0 Å². The summed E-state index contributed by atoms with van der Waals surface area (Å²) < 4.78 is 19.3. The lowest BCUT2D eigenvalue weighted by atomic mass is 9.51. The van der Waals surface area contributed by atoms with Gasteiger partial charge >= 0.3 is 0 Å². The molecule has 0 saturated heterocycles. The maximum Gasteiger partial charge on any atom is 0.125 e. The number of aryl methyl sites for hydroxylation is 1. The quantitative estimate of drug-likeness (QED) is 0.889. The Hall–Kier alpha value is -1.09. The van der Waals surface area contributed by atoms with E-state index in [-0.39, 0.29) is 5.82 Å². The lowest BCUT2D eigenvalue weighted by Gasteiger charge is -2.61. The molecule has 3 rings (SSSR count). The van der Waals surface area contributed by atoms with E-state index in [0.29, 0.717) is 17.6 Å². The van der Waals surface area contributed by atoms with E-state index in [9.17, 15) is 4.39 Å². The van der Waals surface area contributed by atoms with Crippen LogP contribution in [0.25, 0.3) is 0 Å². The Morgan fingerprint density at radius 1 is 1.37 bits per heavy atom. The van der Waals surface area contributed by atoms with E-state index in [4.69, 9.17) is 4.74 Å². The number of benzene rings is 1. The highest BCUT2D eigenvalue weighted by Gasteiger charge is 2.58. The summed E-state index contributed by atoms with van der Waals surface area (Å²) >= 11 is 0. The Labute approximate surface area is 114 Å².